The molecule has 0 saturated carbocycles. The van der Waals surface area contributed by atoms with Gasteiger partial charge in [0.25, 0.3) is 0 Å². The van der Waals surface area contributed by atoms with Crippen molar-refractivity contribution in [3.63, 3.8) is 0 Å². The summed E-state index contributed by atoms with van der Waals surface area (Å²) in [4.78, 5) is 16.3. The number of nitrogens with one attached hydrogen (secondary N) is 1. The molecule has 0 fully saturated rings. The zero-order valence-corrected chi connectivity index (χ0v) is 16.0. The highest BCUT2D eigenvalue weighted by Gasteiger charge is 2.15. The first-order valence-electron chi connectivity index (χ1n) is 9.03. The van der Waals surface area contributed by atoms with Crippen molar-refractivity contribution < 1.29 is 14.1 Å². The van der Waals surface area contributed by atoms with Gasteiger partial charge in [-0.15, -0.1) is 0 Å². The maximum absolute atomic E-state index is 12.0. The number of hydrazine groups is 1. The van der Waals surface area contributed by atoms with E-state index in [1.807, 2.05) is 0 Å². The van der Waals surface area contributed by atoms with Gasteiger partial charge in [0.15, 0.2) is 5.82 Å². The number of aryl methyl sites for hydroxylation is 1. The van der Waals surface area contributed by atoms with Crippen molar-refractivity contribution in [3.05, 3.63) is 59.3 Å². The van der Waals surface area contributed by atoms with E-state index < -0.39 is 5.97 Å². The number of nitrogens with two attached hydrogens (primary N) is 2. The van der Waals surface area contributed by atoms with Crippen LogP contribution in [0.4, 0.5) is 0 Å². The lowest BCUT2D eigenvalue weighted by Crippen LogP contribution is -2.32. The molecule has 1 aromatic heterocycles. The average molecular weight is 386 g/mol. The highest BCUT2D eigenvalue weighted by atomic mass is 16.5. The Kier molecular flexibility index (Phi) is 8.16. The van der Waals surface area contributed by atoms with E-state index in [9.17, 15) is 4.79 Å². The van der Waals surface area contributed by atoms with Crippen LogP contribution in [0.25, 0.3) is 0 Å². The number of benzene rings is 1. The van der Waals surface area contributed by atoms with E-state index in [-0.39, 0.29) is 25.0 Å². The average Bonchev–Trinajstić information content (AvgIpc) is 3.13. The Labute approximate surface area is 163 Å². The Morgan fingerprint density at radius 3 is 2.68 bits per heavy atom. The van der Waals surface area contributed by atoms with Crippen LogP contribution in [0.15, 0.2) is 46.0 Å². The molecule has 0 amide bonds. The zero-order chi connectivity index (χ0) is 20.4. The second-order valence-corrected chi connectivity index (χ2v) is 6.23. The molecule has 2 rings (SSSR count). The van der Waals surface area contributed by atoms with Gasteiger partial charge in [0.1, 0.15) is 5.84 Å². The van der Waals surface area contributed by atoms with E-state index in [0.29, 0.717) is 24.0 Å². The van der Waals surface area contributed by atoms with Gasteiger partial charge < -0.3 is 20.5 Å². The number of aromatic nitrogens is 2. The first-order chi connectivity index (χ1) is 13.5. The Morgan fingerprint density at radius 2 is 2.04 bits per heavy atom. The van der Waals surface area contributed by atoms with Gasteiger partial charge in [0.05, 0.1) is 13.0 Å². The molecular weight excluding hydrogens is 360 g/mol. The molecule has 0 bridgehead atoms. The lowest BCUT2D eigenvalue weighted by molar-refractivity contribution is -0.138. The zero-order valence-electron chi connectivity index (χ0n) is 16.0. The third-order valence-electron chi connectivity index (χ3n) is 3.98. The third-order valence-corrected chi connectivity index (χ3v) is 3.98. The van der Waals surface area contributed by atoms with Gasteiger partial charge >= 0.3 is 5.97 Å². The van der Waals surface area contributed by atoms with Crippen LogP contribution in [0.3, 0.4) is 0 Å². The first kappa shape index (κ1) is 21.1. The van der Waals surface area contributed by atoms with Gasteiger partial charge in [-0.1, -0.05) is 49.3 Å². The summed E-state index contributed by atoms with van der Waals surface area (Å²) in [5.41, 5.74) is 4.92. The minimum absolute atomic E-state index is 0.0706. The van der Waals surface area contributed by atoms with E-state index in [1.165, 1.54) is 5.56 Å². The summed E-state index contributed by atoms with van der Waals surface area (Å²) < 4.78 is 10.3. The molecule has 0 aliphatic heterocycles. The number of rotatable bonds is 10. The third kappa shape index (κ3) is 6.51. The van der Waals surface area contributed by atoms with Crippen LogP contribution < -0.4 is 17.1 Å². The normalized spacial score (nSPS) is 11.3. The van der Waals surface area contributed by atoms with Crippen LogP contribution in [-0.2, 0) is 28.8 Å². The number of carbonyl (C=O) groups is 1. The minimum Gasteiger partial charge on any atom is -0.462 e. The lowest BCUT2D eigenvalue weighted by Gasteiger charge is -2.06. The predicted molar refractivity (Wildman–Crippen MR) is 105 cm³/mol. The Balaban J connectivity index is 1.82. The molecular formula is C19H26N6O3. The molecule has 9 nitrogen and oxygen atoms in total. The first-order valence-corrected chi connectivity index (χ1v) is 9.03. The van der Waals surface area contributed by atoms with Crippen LogP contribution >= 0.6 is 0 Å². The standard InChI is InChI=1S/C19H26N6O3/c1-3-4-14-5-7-15(8-6-14)12-17-22-18(28-25-17)11-13(2)19(26)27-10-9-16(23-20)24-21/h5-8H,2-4,9-12,20-21H2,1H3,(H,23,24). The molecule has 150 valence electrons. The van der Waals surface area contributed by atoms with E-state index >= 15 is 0 Å². The molecule has 0 spiro atoms. The van der Waals surface area contributed by atoms with Crippen molar-refractivity contribution in [3.8, 4) is 0 Å². The number of amidine groups is 1. The van der Waals surface area contributed by atoms with E-state index in [2.05, 4.69) is 58.4 Å². The van der Waals surface area contributed by atoms with Crippen molar-refractivity contribution in [2.24, 2.45) is 16.8 Å². The molecule has 0 unspecified atom stereocenters. The minimum atomic E-state index is -0.556. The van der Waals surface area contributed by atoms with Crippen LogP contribution in [0.2, 0.25) is 0 Å². The van der Waals surface area contributed by atoms with Gasteiger partial charge in [-0.25, -0.2) is 10.6 Å². The van der Waals surface area contributed by atoms with E-state index in [1.54, 1.807) is 0 Å². The summed E-state index contributed by atoms with van der Waals surface area (Å²) in [6.07, 6.45) is 3.13. The monoisotopic (exact) mass is 386 g/mol. The number of carbonyl (C=O) groups excluding carboxylic acids is 1. The molecule has 0 aliphatic rings. The van der Waals surface area contributed by atoms with Crippen molar-refractivity contribution in [2.75, 3.05) is 6.61 Å². The van der Waals surface area contributed by atoms with E-state index in [4.69, 9.17) is 20.9 Å². The smallest absolute Gasteiger partial charge is 0.333 e. The maximum atomic E-state index is 12.0. The number of nitrogens with zero attached hydrogens (tertiary/aromatic N) is 3. The molecule has 0 aliphatic carbocycles. The van der Waals surface area contributed by atoms with Crippen molar-refractivity contribution in [1.29, 1.82) is 0 Å². The van der Waals surface area contributed by atoms with Crippen molar-refractivity contribution >= 4 is 11.8 Å². The van der Waals surface area contributed by atoms with Crippen LogP contribution in [-0.4, -0.2) is 28.6 Å². The molecule has 0 radical (unpaired) electrons. The fourth-order valence-electron chi connectivity index (χ4n) is 2.50. The van der Waals surface area contributed by atoms with Crippen molar-refractivity contribution in [1.82, 2.24) is 15.6 Å². The van der Waals surface area contributed by atoms with E-state index in [0.717, 1.165) is 18.4 Å². The second-order valence-electron chi connectivity index (χ2n) is 6.23. The van der Waals surface area contributed by atoms with Gasteiger partial charge in [-0.3, -0.25) is 0 Å². The van der Waals surface area contributed by atoms with Crippen LogP contribution in [0.1, 0.15) is 42.6 Å². The summed E-state index contributed by atoms with van der Waals surface area (Å²) in [6.45, 7) is 5.94. The maximum Gasteiger partial charge on any atom is 0.333 e. The molecule has 0 saturated heterocycles. The second kappa shape index (κ2) is 10.8. The summed E-state index contributed by atoms with van der Waals surface area (Å²) in [7, 11) is 0. The van der Waals surface area contributed by atoms with Gasteiger partial charge in [-0.05, 0) is 17.5 Å². The fraction of sp³-hybridized carbons (Fsp3) is 0.368. The summed E-state index contributed by atoms with van der Waals surface area (Å²) in [5, 5.41) is 7.36. The summed E-state index contributed by atoms with van der Waals surface area (Å²) in [5.74, 6) is 10.9. The lowest BCUT2D eigenvalue weighted by atomic mass is 10.1. The number of hydrogen-bond acceptors (Lipinski definition) is 8. The quantitative estimate of drug-likeness (QED) is 0.139. The molecule has 2 aromatic rings. The molecule has 5 N–H and O–H groups in total. The molecule has 28 heavy (non-hydrogen) atoms. The number of ether oxygens (including phenoxy) is 1. The van der Waals surface area contributed by atoms with Crippen LogP contribution in [0.5, 0.6) is 0 Å². The number of hydrogen-bond donors (Lipinski definition) is 3. The summed E-state index contributed by atoms with van der Waals surface area (Å²) >= 11 is 0. The van der Waals surface area contributed by atoms with Gasteiger partial charge in [0.2, 0.25) is 5.89 Å². The molecule has 1 heterocycles. The highest BCUT2D eigenvalue weighted by molar-refractivity contribution is 5.88. The highest BCUT2D eigenvalue weighted by Crippen LogP contribution is 2.12. The predicted octanol–water partition coefficient (Wildman–Crippen LogP) is 1.38. The Hall–Kier alpha value is -3.20. The topological polar surface area (TPSA) is 142 Å². The van der Waals surface area contributed by atoms with Crippen molar-refractivity contribution in [2.45, 2.75) is 39.0 Å². The Morgan fingerprint density at radius 1 is 1.32 bits per heavy atom. The van der Waals surface area contributed by atoms with Crippen LogP contribution in [0, 0.1) is 0 Å². The SMILES string of the molecule is C=C(Cc1nc(Cc2ccc(CCC)cc2)no1)C(=O)OCC/C(=N/N)NN. The molecule has 0 atom stereocenters. The van der Waals surface area contributed by atoms with Gasteiger partial charge in [-0.2, -0.15) is 10.1 Å². The largest absolute Gasteiger partial charge is 0.462 e. The molecule has 1 aromatic carbocycles. The fourth-order valence-corrected chi connectivity index (χ4v) is 2.50. The van der Waals surface area contributed by atoms with Gasteiger partial charge in [0, 0.05) is 18.4 Å². The summed E-state index contributed by atoms with van der Waals surface area (Å²) in [6, 6.07) is 8.34. The Bertz CT molecular complexity index is 813. The molecule has 9 heteroatoms. The number of hydrazone groups is 1. The number of esters is 1.